The van der Waals surface area contributed by atoms with Crippen LogP contribution in [-0.4, -0.2) is 12.1 Å². The van der Waals surface area contributed by atoms with Crippen LogP contribution in [0.15, 0.2) is 30.3 Å². The normalized spacial score (nSPS) is 27.6. The molecule has 0 radical (unpaired) electrons. The first-order valence-corrected chi connectivity index (χ1v) is 7.60. The molecule has 2 aliphatic rings. The summed E-state index contributed by atoms with van der Waals surface area (Å²) in [5.41, 5.74) is 1.29. The minimum atomic E-state index is 0.0482. The molecule has 19 heavy (non-hydrogen) atoms. The molecule has 1 aromatic rings. The SMILES string of the molecule is O=C(OC1CCCCC1)[C@@H]1CC[C@@H]1c1ccccc1. The largest absolute Gasteiger partial charge is 0.462 e. The van der Waals surface area contributed by atoms with Gasteiger partial charge in [-0.15, -0.1) is 0 Å². The van der Waals surface area contributed by atoms with Crippen molar-refractivity contribution in [2.24, 2.45) is 5.92 Å². The topological polar surface area (TPSA) is 26.3 Å². The zero-order valence-corrected chi connectivity index (χ0v) is 11.4. The lowest BCUT2D eigenvalue weighted by atomic mass is 9.70. The van der Waals surface area contributed by atoms with Crippen LogP contribution in [0.4, 0.5) is 0 Å². The van der Waals surface area contributed by atoms with E-state index in [4.69, 9.17) is 4.74 Å². The van der Waals surface area contributed by atoms with Crippen LogP contribution in [0.2, 0.25) is 0 Å². The molecular weight excluding hydrogens is 236 g/mol. The Hall–Kier alpha value is -1.31. The molecule has 0 saturated heterocycles. The van der Waals surface area contributed by atoms with Crippen LogP contribution >= 0.6 is 0 Å². The zero-order valence-electron chi connectivity index (χ0n) is 11.4. The standard InChI is InChI=1S/C17H22O2/c18-17(19-14-9-5-2-6-10-14)16-12-11-15(16)13-7-3-1-4-8-13/h1,3-4,7-8,14-16H,2,5-6,9-12H2/t15-,16-/m1/s1. The summed E-state index contributed by atoms with van der Waals surface area (Å²) in [5, 5.41) is 0. The van der Waals surface area contributed by atoms with Gasteiger partial charge in [0.15, 0.2) is 0 Å². The van der Waals surface area contributed by atoms with Crippen LogP contribution in [-0.2, 0) is 9.53 Å². The van der Waals surface area contributed by atoms with Crippen LogP contribution < -0.4 is 0 Å². The van der Waals surface area contributed by atoms with Gasteiger partial charge in [0, 0.05) is 0 Å². The smallest absolute Gasteiger partial charge is 0.309 e. The maximum Gasteiger partial charge on any atom is 0.309 e. The van der Waals surface area contributed by atoms with Gasteiger partial charge in [-0.1, -0.05) is 36.8 Å². The number of carbonyl (C=O) groups is 1. The Labute approximate surface area is 115 Å². The van der Waals surface area contributed by atoms with E-state index in [1.165, 1.54) is 24.8 Å². The second-order valence-corrected chi connectivity index (χ2v) is 5.90. The van der Waals surface area contributed by atoms with Crippen molar-refractivity contribution in [3.05, 3.63) is 35.9 Å². The molecule has 3 rings (SSSR count). The third kappa shape index (κ3) is 2.83. The quantitative estimate of drug-likeness (QED) is 0.764. The first-order chi connectivity index (χ1) is 9.34. The number of rotatable bonds is 3. The second-order valence-electron chi connectivity index (χ2n) is 5.90. The van der Waals surface area contributed by atoms with Gasteiger partial charge in [0.2, 0.25) is 0 Å². The molecule has 0 heterocycles. The Morgan fingerprint density at radius 2 is 1.68 bits per heavy atom. The molecule has 0 N–H and O–H groups in total. The lowest BCUT2D eigenvalue weighted by Gasteiger charge is -2.36. The van der Waals surface area contributed by atoms with Crippen molar-refractivity contribution in [1.29, 1.82) is 0 Å². The lowest BCUT2D eigenvalue weighted by molar-refractivity contribution is -0.159. The fraction of sp³-hybridized carbons (Fsp3) is 0.588. The Morgan fingerprint density at radius 3 is 2.32 bits per heavy atom. The molecule has 2 aliphatic carbocycles. The number of hydrogen-bond donors (Lipinski definition) is 0. The van der Waals surface area contributed by atoms with Gasteiger partial charge in [0.1, 0.15) is 6.10 Å². The predicted octanol–water partition coefficient (Wildman–Crippen LogP) is 4.06. The maximum absolute atomic E-state index is 12.3. The average Bonchev–Trinajstić information content (AvgIpc) is 2.39. The average molecular weight is 258 g/mol. The van der Waals surface area contributed by atoms with E-state index in [9.17, 15) is 4.79 Å². The summed E-state index contributed by atoms with van der Waals surface area (Å²) in [6.45, 7) is 0. The maximum atomic E-state index is 12.3. The van der Waals surface area contributed by atoms with Gasteiger partial charge in [0.25, 0.3) is 0 Å². The van der Waals surface area contributed by atoms with Crippen molar-refractivity contribution < 1.29 is 9.53 Å². The van der Waals surface area contributed by atoms with Gasteiger partial charge in [-0.2, -0.15) is 0 Å². The van der Waals surface area contributed by atoms with E-state index in [0.29, 0.717) is 5.92 Å². The molecule has 2 saturated carbocycles. The van der Waals surface area contributed by atoms with Crippen LogP contribution in [0.1, 0.15) is 56.4 Å². The van der Waals surface area contributed by atoms with E-state index < -0.39 is 0 Å². The Bertz CT molecular complexity index is 420. The third-order valence-electron chi connectivity index (χ3n) is 4.64. The Kier molecular flexibility index (Phi) is 3.86. The van der Waals surface area contributed by atoms with E-state index in [-0.39, 0.29) is 18.0 Å². The molecule has 0 bridgehead atoms. The number of hydrogen-bond acceptors (Lipinski definition) is 2. The lowest BCUT2D eigenvalue weighted by Crippen LogP contribution is -2.35. The highest BCUT2D eigenvalue weighted by Crippen LogP contribution is 2.43. The van der Waals surface area contributed by atoms with Crippen LogP contribution in [0.25, 0.3) is 0 Å². The Morgan fingerprint density at radius 1 is 0.947 bits per heavy atom. The second kappa shape index (κ2) is 5.77. The molecule has 1 aromatic carbocycles. The van der Waals surface area contributed by atoms with Crippen LogP contribution in [0.5, 0.6) is 0 Å². The number of carbonyl (C=O) groups excluding carboxylic acids is 1. The molecule has 0 aliphatic heterocycles. The van der Waals surface area contributed by atoms with Crippen molar-refractivity contribution >= 4 is 5.97 Å². The molecule has 102 valence electrons. The highest BCUT2D eigenvalue weighted by molar-refractivity contribution is 5.75. The van der Waals surface area contributed by atoms with Crippen molar-refractivity contribution in [2.45, 2.75) is 57.0 Å². The molecule has 0 unspecified atom stereocenters. The summed E-state index contributed by atoms with van der Waals surface area (Å²) in [5.74, 6) is 0.536. The fourth-order valence-electron chi connectivity index (χ4n) is 3.32. The summed E-state index contributed by atoms with van der Waals surface area (Å²) in [4.78, 5) is 12.3. The highest BCUT2D eigenvalue weighted by Gasteiger charge is 2.39. The Balaban J connectivity index is 1.58. The molecule has 0 aromatic heterocycles. The van der Waals surface area contributed by atoms with Crippen LogP contribution in [0, 0.1) is 5.92 Å². The van der Waals surface area contributed by atoms with E-state index in [1.54, 1.807) is 0 Å². The fourth-order valence-corrected chi connectivity index (χ4v) is 3.32. The predicted molar refractivity (Wildman–Crippen MR) is 74.9 cm³/mol. The minimum absolute atomic E-state index is 0.0482. The number of esters is 1. The van der Waals surface area contributed by atoms with Gasteiger partial charge >= 0.3 is 5.97 Å². The molecule has 0 amide bonds. The van der Waals surface area contributed by atoms with Gasteiger partial charge < -0.3 is 4.74 Å². The summed E-state index contributed by atoms with van der Waals surface area (Å²) in [6, 6.07) is 10.4. The monoisotopic (exact) mass is 258 g/mol. The zero-order chi connectivity index (χ0) is 13.1. The molecule has 2 heteroatoms. The van der Waals surface area contributed by atoms with Crippen molar-refractivity contribution in [3.63, 3.8) is 0 Å². The van der Waals surface area contributed by atoms with E-state index in [0.717, 1.165) is 25.7 Å². The number of ether oxygens (including phenoxy) is 1. The molecule has 2 nitrogen and oxygen atoms in total. The minimum Gasteiger partial charge on any atom is -0.462 e. The summed E-state index contributed by atoms with van der Waals surface area (Å²) >= 11 is 0. The van der Waals surface area contributed by atoms with Gasteiger partial charge in [0.05, 0.1) is 5.92 Å². The van der Waals surface area contributed by atoms with E-state index in [1.807, 2.05) is 6.07 Å². The van der Waals surface area contributed by atoms with Gasteiger partial charge in [-0.25, -0.2) is 0 Å². The van der Waals surface area contributed by atoms with Crippen molar-refractivity contribution in [1.82, 2.24) is 0 Å². The summed E-state index contributed by atoms with van der Waals surface area (Å²) in [7, 11) is 0. The number of benzene rings is 1. The van der Waals surface area contributed by atoms with Gasteiger partial charge in [-0.3, -0.25) is 4.79 Å². The first-order valence-electron chi connectivity index (χ1n) is 7.60. The van der Waals surface area contributed by atoms with E-state index in [2.05, 4.69) is 24.3 Å². The molecule has 2 fully saturated rings. The van der Waals surface area contributed by atoms with Crippen molar-refractivity contribution in [3.8, 4) is 0 Å². The third-order valence-corrected chi connectivity index (χ3v) is 4.64. The first kappa shape index (κ1) is 12.7. The van der Waals surface area contributed by atoms with Gasteiger partial charge in [-0.05, 0) is 50.0 Å². The van der Waals surface area contributed by atoms with Crippen LogP contribution in [0.3, 0.4) is 0 Å². The summed E-state index contributed by atoms with van der Waals surface area (Å²) in [6.07, 6.45) is 8.15. The highest BCUT2D eigenvalue weighted by atomic mass is 16.5. The van der Waals surface area contributed by atoms with E-state index >= 15 is 0 Å². The summed E-state index contributed by atoms with van der Waals surface area (Å²) < 4.78 is 5.71. The van der Waals surface area contributed by atoms with Crippen molar-refractivity contribution in [2.75, 3.05) is 0 Å². The molecular formula is C17H22O2. The molecule has 2 atom stereocenters. The molecule has 0 spiro atoms.